The molecule has 5 rings (SSSR count). The van der Waals surface area contributed by atoms with Crippen molar-refractivity contribution in [3.8, 4) is 0 Å². The molecule has 0 spiro atoms. The number of Topliss-reactive ketones (excluding diaryl/α,β-unsaturated/α-hetero) is 1. The van der Waals surface area contributed by atoms with Crippen molar-refractivity contribution in [3.05, 3.63) is 10.9 Å². The first-order valence-electron chi connectivity index (χ1n) is 12.6. The highest BCUT2D eigenvalue weighted by molar-refractivity contribution is 7.91. The Kier molecular flexibility index (Phi) is 7.03. The van der Waals surface area contributed by atoms with Gasteiger partial charge in [0.05, 0.1) is 6.26 Å². The molecule has 3 heterocycles. The second kappa shape index (κ2) is 9.80. The van der Waals surface area contributed by atoms with E-state index >= 15 is 0 Å². The quantitative estimate of drug-likeness (QED) is 0.513. The molecule has 2 aliphatic heterocycles. The molecule has 3 fully saturated rings. The van der Waals surface area contributed by atoms with Gasteiger partial charge in [-0.15, -0.1) is 15.7 Å². The van der Waals surface area contributed by atoms with Crippen LogP contribution in [0.5, 0.6) is 0 Å². The molecule has 1 saturated heterocycles. The third kappa shape index (κ3) is 4.99. The largest absolute Gasteiger partial charge is 0.338 e. The van der Waals surface area contributed by atoms with Gasteiger partial charge in [-0.05, 0) is 37.0 Å². The Hall–Kier alpha value is -1.83. The molecule has 1 aromatic rings. The van der Waals surface area contributed by atoms with Crippen LogP contribution in [0.15, 0.2) is 14.7 Å². The molecule has 1 amide bonds. The number of nitrogens with one attached hydrogen (secondary N) is 2. The predicted molar refractivity (Wildman–Crippen MR) is 137 cm³/mol. The van der Waals surface area contributed by atoms with E-state index in [1.54, 1.807) is 5.38 Å². The maximum atomic E-state index is 13.8. The maximum Gasteiger partial charge on any atom is 0.287 e. The fraction of sp³-hybridized carbons (Fsp3) is 0.696. The number of rotatable bonds is 6. The van der Waals surface area contributed by atoms with Crippen LogP contribution in [0.1, 0.15) is 63.4 Å². The van der Waals surface area contributed by atoms with E-state index in [0.717, 1.165) is 62.5 Å². The number of carbonyl (C=O) groups excluding carboxylic acids is 2. The van der Waals surface area contributed by atoms with E-state index in [-0.39, 0.29) is 51.5 Å². The average molecular weight is 557 g/mol. The second-order valence-electron chi connectivity index (χ2n) is 10.4. The third-order valence-corrected chi connectivity index (χ3v) is 11.0. The Morgan fingerprint density at radius 2 is 1.81 bits per heavy atom. The molecule has 2 saturated carbocycles. The lowest BCUT2D eigenvalue weighted by molar-refractivity contribution is -0.153. The van der Waals surface area contributed by atoms with Gasteiger partial charge in [-0.2, -0.15) is 8.42 Å². The Morgan fingerprint density at radius 3 is 2.53 bits per heavy atom. The second-order valence-corrected chi connectivity index (χ2v) is 14.6. The minimum absolute atomic E-state index is 0.113. The average Bonchev–Trinajstić information content (AvgIpc) is 3.25. The number of hydrogen-bond donors (Lipinski definition) is 2. The number of anilines is 1. The van der Waals surface area contributed by atoms with E-state index in [9.17, 15) is 26.4 Å². The summed E-state index contributed by atoms with van der Waals surface area (Å²) in [6, 6.07) is -0.122. The first kappa shape index (κ1) is 25.8. The van der Waals surface area contributed by atoms with Gasteiger partial charge in [0.15, 0.2) is 11.7 Å². The maximum absolute atomic E-state index is 13.8. The van der Waals surface area contributed by atoms with Gasteiger partial charge < -0.3 is 10.2 Å². The van der Waals surface area contributed by atoms with E-state index in [1.807, 2.05) is 4.90 Å². The summed E-state index contributed by atoms with van der Waals surface area (Å²) >= 11 is 1.08. The van der Waals surface area contributed by atoms with Gasteiger partial charge in [-0.3, -0.25) is 9.59 Å². The monoisotopic (exact) mass is 556 g/mol. The van der Waals surface area contributed by atoms with Crippen molar-refractivity contribution >= 4 is 53.9 Å². The number of likely N-dealkylation sites (tertiary alicyclic amines) is 1. The number of thiophene rings is 1. The van der Waals surface area contributed by atoms with Crippen LogP contribution in [0.25, 0.3) is 0 Å². The molecule has 13 heteroatoms. The van der Waals surface area contributed by atoms with Crippen molar-refractivity contribution in [2.45, 2.75) is 75.3 Å². The number of ketones is 1. The number of fused-ring (bicyclic) bond motifs is 2. The Labute approximate surface area is 216 Å². The molecule has 2 N–H and O–H groups in total. The Morgan fingerprint density at radius 1 is 1.11 bits per heavy atom. The molecule has 0 radical (unpaired) electrons. The van der Waals surface area contributed by atoms with Crippen molar-refractivity contribution < 1.29 is 26.4 Å². The van der Waals surface area contributed by atoms with E-state index in [0.29, 0.717) is 18.9 Å². The summed E-state index contributed by atoms with van der Waals surface area (Å²) in [5.74, 6) is -1.91. The summed E-state index contributed by atoms with van der Waals surface area (Å²) in [7, 11) is -7.77. The number of amides is 1. The number of carbonyl (C=O) groups is 2. The summed E-state index contributed by atoms with van der Waals surface area (Å²) in [4.78, 5) is 29.2. The Balaban J connectivity index is 1.45. The highest BCUT2D eigenvalue weighted by Crippen LogP contribution is 2.41. The lowest BCUT2D eigenvalue weighted by atomic mass is 9.72. The van der Waals surface area contributed by atoms with Gasteiger partial charge in [0.2, 0.25) is 15.9 Å². The van der Waals surface area contributed by atoms with Gasteiger partial charge in [0.1, 0.15) is 15.7 Å². The lowest BCUT2D eigenvalue weighted by Crippen LogP contribution is -2.61. The van der Waals surface area contributed by atoms with Crippen LogP contribution in [-0.2, 0) is 36.2 Å². The molecule has 4 aliphatic rings. The van der Waals surface area contributed by atoms with Crippen molar-refractivity contribution in [2.24, 2.45) is 22.2 Å². The van der Waals surface area contributed by atoms with E-state index < -0.39 is 26.0 Å². The normalized spacial score (nSPS) is 28.8. The molecular formula is C23H32N4O6S3. The number of nitrogens with zero attached hydrogens (tertiary/aromatic N) is 2. The standard InChI is InChI=1S/C23H32N4O6S3/c1-35(30,31)24-11-15-13-34-22-20(15)36(32,33)26-21(25-22)18-19(28)16-9-5-6-10-17(16)27(23(18)29)12-14-7-3-2-4-8-14/h13-14,16-18,24H,2-12H2,1H3,(H,25,26)/t16-,17+,18?/m0/s1. The van der Waals surface area contributed by atoms with Crippen LogP contribution in [-0.4, -0.2) is 58.1 Å². The van der Waals surface area contributed by atoms with Gasteiger partial charge in [0.25, 0.3) is 10.0 Å². The van der Waals surface area contributed by atoms with E-state index in [4.69, 9.17) is 0 Å². The number of hydrogen-bond acceptors (Lipinski definition) is 8. The van der Waals surface area contributed by atoms with Crippen LogP contribution in [0.4, 0.5) is 5.00 Å². The molecule has 2 aliphatic carbocycles. The molecule has 198 valence electrons. The van der Waals surface area contributed by atoms with Crippen LogP contribution >= 0.6 is 11.3 Å². The zero-order valence-electron chi connectivity index (χ0n) is 20.2. The van der Waals surface area contributed by atoms with Crippen molar-refractivity contribution in [1.82, 2.24) is 9.62 Å². The molecule has 10 nitrogen and oxygen atoms in total. The van der Waals surface area contributed by atoms with Crippen molar-refractivity contribution in [1.29, 1.82) is 0 Å². The van der Waals surface area contributed by atoms with Crippen LogP contribution < -0.4 is 10.0 Å². The topological polar surface area (TPSA) is 142 Å². The SMILES string of the molecule is CS(=O)(=O)NCc1csc2c1S(=O)(=O)N=C(C1C(=O)[C@H]3CCCC[C@H]3N(CC3CCCCC3)C1=O)N2. The Bertz CT molecular complexity index is 1300. The first-order chi connectivity index (χ1) is 17.0. The lowest BCUT2D eigenvalue weighted by Gasteiger charge is -2.47. The smallest absolute Gasteiger partial charge is 0.287 e. The predicted octanol–water partition coefficient (Wildman–Crippen LogP) is 2.48. The zero-order chi connectivity index (χ0) is 25.7. The summed E-state index contributed by atoms with van der Waals surface area (Å²) in [5, 5.41) is 4.75. The summed E-state index contributed by atoms with van der Waals surface area (Å²) < 4.78 is 55.6. The molecule has 1 aromatic heterocycles. The fourth-order valence-electron chi connectivity index (χ4n) is 6.13. The van der Waals surface area contributed by atoms with E-state index in [2.05, 4.69) is 14.4 Å². The van der Waals surface area contributed by atoms with Crippen LogP contribution in [0.2, 0.25) is 0 Å². The highest BCUT2D eigenvalue weighted by atomic mass is 32.2. The van der Waals surface area contributed by atoms with Crippen LogP contribution in [0, 0.1) is 17.8 Å². The molecular weight excluding hydrogens is 524 g/mol. The first-order valence-corrected chi connectivity index (χ1v) is 16.8. The molecule has 3 atom stereocenters. The van der Waals surface area contributed by atoms with Gasteiger partial charge in [-0.25, -0.2) is 13.1 Å². The van der Waals surface area contributed by atoms with Crippen molar-refractivity contribution in [2.75, 3.05) is 18.1 Å². The minimum Gasteiger partial charge on any atom is -0.338 e. The summed E-state index contributed by atoms with van der Waals surface area (Å²) in [5.41, 5.74) is 0.267. The fourth-order valence-corrected chi connectivity index (χ4v) is 9.19. The van der Waals surface area contributed by atoms with Gasteiger partial charge in [-0.1, -0.05) is 32.1 Å². The number of amidine groups is 1. The van der Waals surface area contributed by atoms with Gasteiger partial charge in [0, 0.05) is 30.6 Å². The highest BCUT2D eigenvalue weighted by Gasteiger charge is 2.52. The van der Waals surface area contributed by atoms with Crippen molar-refractivity contribution in [3.63, 3.8) is 0 Å². The van der Waals surface area contributed by atoms with E-state index in [1.165, 1.54) is 6.42 Å². The molecule has 0 bridgehead atoms. The minimum atomic E-state index is -4.24. The van der Waals surface area contributed by atoms with Gasteiger partial charge >= 0.3 is 0 Å². The molecule has 36 heavy (non-hydrogen) atoms. The third-order valence-electron chi connectivity index (χ3n) is 7.82. The molecule has 0 aromatic carbocycles. The summed E-state index contributed by atoms with van der Waals surface area (Å²) in [6.45, 7) is 0.409. The zero-order valence-corrected chi connectivity index (χ0v) is 22.7. The summed E-state index contributed by atoms with van der Waals surface area (Å²) in [6.07, 6.45) is 10.0. The van der Waals surface area contributed by atoms with Crippen LogP contribution in [0.3, 0.4) is 0 Å². The molecule has 1 unspecified atom stereocenters. The number of sulfonamides is 2. The number of piperidine rings is 1.